The van der Waals surface area contributed by atoms with Crippen LogP contribution in [-0.2, 0) is 12.6 Å². The van der Waals surface area contributed by atoms with E-state index < -0.39 is 5.60 Å². The first kappa shape index (κ1) is 19.2. The maximum Gasteiger partial charge on any atom is 0.191 e. The SMILES string of the molecule is CCNC(=NCC(C)(O)c1cnn(C)c1)NCCC1CC1.I. The summed E-state index contributed by atoms with van der Waals surface area (Å²) in [6.45, 7) is 5.85. The van der Waals surface area contributed by atoms with Crippen molar-refractivity contribution in [2.45, 2.75) is 38.7 Å². The predicted octanol–water partition coefficient (Wildman–Crippen LogP) is 1.60. The first-order valence-electron chi connectivity index (χ1n) is 7.75. The molecular weight excluding hydrogens is 393 g/mol. The van der Waals surface area contributed by atoms with Gasteiger partial charge in [-0.3, -0.25) is 4.68 Å². The van der Waals surface area contributed by atoms with Gasteiger partial charge in [0.25, 0.3) is 0 Å². The molecular formula is C15H28IN5O. The van der Waals surface area contributed by atoms with Crippen molar-refractivity contribution in [1.82, 2.24) is 20.4 Å². The van der Waals surface area contributed by atoms with Crippen molar-refractivity contribution in [2.24, 2.45) is 18.0 Å². The monoisotopic (exact) mass is 421 g/mol. The van der Waals surface area contributed by atoms with Gasteiger partial charge in [-0.1, -0.05) is 12.8 Å². The molecule has 1 unspecified atom stereocenters. The normalized spacial score (nSPS) is 17.5. The van der Waals surface area contributed by atoms with Crippen LogP contribution in [0.1, 0.15) is 38.7 Å². The second-order valence-corrected chi connectivity index (χ2v) is 6.03. The Kier molecular flexibility index (Phi) is 7.61. The van der Waals surface area contributed by atoms with E-state index in [1.54, 1.807) is 17.8 Å². The molecule has 1 saturated carbocycles. The van der Waals surface area contributed by atoms with E-state index in [1.807, 2.05) is 20.2 Å². The molecule has 0 amide bonds. The van der Waals surface area contributed by atoms with Gasteiger partial charge in [0.15, 0.2) is 5.96 Å². The number of guanidine groups is 1. The van der Waals surface area contributed by atoms with Crippen LogP contribution in [0.4, 0.5) is 0 Å². The molecule has 1 aromatic rings. The van der Waals surface area contributed by atoms with Crippen molar-refractivity contribution in [3.63, 3.8) is 0 Å². The minimum absolute atomic E-state index is 0. The molecule has 126 valence electrons. The average molecular weight is 421 g/mol. The minimum atomic E-state index is -1.01. The molecule has 7 heteroatoms. The van der Waals surface area contributed by atoms with Crippen LogP contribution >= 0.6 is 24.0 Å². The van der Waals surface area contributed by atoms with Crippen LogP contribution in [0.2, 0.25) is 0 Å². The van der Waals surface area contributed by atoms with Crippen LogP contribution in [0.3, 0.4) is 0 Å². The molecule has 1 aromatic heterocycles. The zero-order valence-corrected chi connectivity index (χ0v) is 16.0. The summed E-state index contributed by atoms with van der Waals surface area (Å²) in [5.74, 6) is 1.67. The zero-order valence-electron chi connectivity index (χ0n) is 13.7. The van der Waals surface area contributed by atoms with E-state index in [0.29, 0.717) is 6.54 Å². The molecule has 1 atom stereocenters. The first-order chi connectivity index (χ1) is 10.0. The van der Waals surface area contributed by atoms with E-state index >= 15 is 0 Å². The third-order valence-electron chi connectivity index (χ3n) is 3.76. The number of aliphatic imine (C=N–C) groups is 1. The largest absolute Gasteiger partial charge is 0.383 e. The van der Waals surface area contributed by atoms with Crippen LogP contribution in [0.25, 0.3) is 0 Å². The third kappa shape index (κ3) is 6.12. The summed E-state index contributed by atoms with van der Waals surface area (Å²) < 4.78 is 1.69. The lowest BCUT2D eigenvalue weighted by Crippen LogP contribution is -2.39. The lowest BCUT2D eigenvalue weighted by Gasteiger charge is -2.20. The highest BCUT2D eigenvalue weighted by atomic mass is 127. The van der Waals surface area contributed by atoms with Crippen molar-refractivity contribution in [3.8, 4) is 0 Å². The molecule has 22 heavy (non-hydrogen) atoms. The summed E-state index contributed by atoms with van der Waals surface area (Å²) in [4.78, 5) is 4.50. The molecule has 0 aromatic carbocycles. The Balaban J connectivity index is 0.00000242. The van der Waals surface area contributed by atoms with Gasteiger partial charge in [-0.15, -0.1) is 24.0 Å². The molecule has 1 aliphatic carbocycles. The molecule has 0 aliphatic heterocycles. The number of nitrogens with one attached hydrogen (secondary N) is 2. The van der Waals surface area contributed by atoms with Gasteiger partial charge in [0.05, 0.1) is 12.7 Å². The van der Waals surface area contributed by atoms with E-state index in [1.165, 1.54) is 19.3 Å². The number of halogens is 1. The number of hydrogen-bond donors (Lipinski definition) is 3. The molecule has 0 saturated heterocycles. The maximum absolute atomic E-state index is 10.5. The topological polar surface area (TPSA) is 74.5 Å². The summed E-state index contributed by atoms with van der Waals surface area (Å²) in [7, 11) is 1.84. The van der Waals surface area contributed by atoms with Crippen molar-refractivity contribution in [3.05, 3.63) is 18.0 Å². The highest BCUT2D eigenvalue weighted by Crippen LogP contribution is 2.31. The first-order valence-corrected chi connectivity index (χ1v) is 7.75. The summed E-state index contributed by atoms with van der Waals surface area (Å²) in [6, 6.07) is 0. The Hall–Kier alpha value is -0.830. The Morgan fingerprint density at radius 1 is 1.50 bits per heavy atom. The Labute approximate surface area is 149 Å². The Morgan fingerprint density at radius 2 is 2.23 bits per heavy atom. The van der Waals surface area contributed by atoms with Crippen molar-refractivity contribution >= 4 is 29.9 Å². The lowest BCUT2D eigenvalue weighted by molar-refractivity contribution is 0.0672. The highest BCUT2D eigenvalue weighted by Gasteiger charge is 2.25. The predicted molar refractivity (Wildman–Crippen MR) is 99.5 cm³/mol. The maximum atomic E-state index is 10.5. The van der Waals surface area contributed by atoms with E-state index in [0.717, 1.165) is 30.5 Å². The fourth-order valence-electron chi connectivity index (χ4n) is 2.17. The van der Waals surface area contributed by atoms with E-state index in [-0.39, 0.29) is 24.0 Å². The smallest absolute Gasteiger partial charge is 0.191 e. The molecule has 0 spiro atoms. The Bertz CT molecular complexity index is 482. The molecule has 6 nitrogen and oxygen atoms in total. The van der Waals surface area contributed by atoms with E-state index in [9.17, 15) is 5.11 Å². The van der Waals surface area contributed by atoms with Gasteiger partial charge in [0, 0.05) is 31.9 Å². The summed E-state index contributed by atoms with van der Waals surface area (Å²) in [5, 5.41) is 21.2. The molecule has 1 aliphatic rings. The molecule has 3 N–H and O–H groups in total. The van der Waals surface area contributed by atoms with Gasteiger partial charge in [0.2, 0.25) is 0 Å². The van der Waals surface area contributed by atoms with Crippen molar-refractivity contribution in [2.75, 3.05) is 19.6 Å². The van der Waals surface area contributed by atoms with Crippen molar-refractivity contribution in [1.29, 1.82) is 0 Å². The number of hydrogen-bond acceptors (Lipinski definition) is 3. The van der Waals surface area contributed by atoms with Gasteiger partial charge in [-0.25, -0.2) is 4.99 Å². The van der Waals surface area contributed by atoms with Gasteiger partial charge in [0.1, 0.15) is 5.60 Å². The van der Waals surface area contributed by atoms with E-state index in [4.69, 9.17) is 0 Å². The standard InChI is InChI=1S/C15H27N5O.HI/c1-4-16-14(17-8-7-12-5-6-12)18-11-15(2,21)13-9-19-20(3)10-13;/h9-10,12,21H,4-8,11H2,1-3H3,(H2,16,17,18);1H. The molecule has 1 fully saturated rings. The number of nitrogens with zero attached hydrogens (tertiary/aromatic N) is 3. The molecule has 0 radical (unpaired) electrons. The second-order valence-electron chi connectivity index (χ2n) is 6.03. The molecule has 2 rings (SSSR count). The summed E-state index contributed by atoms with van der Waals surface area (Å²) in [6.07, 6.45) is 7.44. The van der Waals surface area contributed by atoms with Gasteiger partial charge >= 0.3 is 0 Å². The van der Waals surface area contributed by atoms with Crippen LogP contribution in [0.15, 0.2) is 17.4 Å². The summed E-state index contributed by atoms with van der Waals surface area (Å²) >= 11 is 0. The van der Waals surface area contributed by atoms with Crippen LogP contribution in [-0.4, -0.2) is 40.5 Å². The van der Waals surface area contributed by atoms with Crippen LogP contribution in [0, 0.1) is 5.92 Å². The molecule has 0 bridgehead atoms. The number of aryl methyl sites for hydroxylation is 1. The number of aliphatic hydroxyl groups is 1. The van der Waals surface area contributed by atoms with Crippen LogP contribution in [0.5, 0.6) is 0 Å². The average Bonchev–Trinajstić information content (AvgIpc) is 3.15. The van der Waals surface area contributed by atoms with Gasteiger partial charge in [-0.05, 0) is 26.2 Å². The minimum Gasteiger partial charge on any atom is -0.383 e. The zero-order chi connectivity index (χ0) is 15.3. The highest BCUT2D eigenvalue weighted by molar-refractivity contribution is 14.0. The van der Waals surface area contributed by atoms with Gasteiger partial charge in [-0.2, -0.15) is 5.10 Å². The Morgan fingerprint density at radius 3 is 2.77 bits per heavy atom. The molecule has 1 heterocycles. The van der Waals surface area contributed by atoms with E-state index in [2.05, 4.69) is 20.7 Å². The fourth-order valence-corrected chi connectivity index (χ4v) is 2.17. The summed E-state index contributed by atoms with van der Waals surface area (Å²) in [5.41, 5.74) is -0.227. The van der Waals surface area contributed by atoms with Gasteiger partial charge < -0.3 is 15.7 Å². The fraction of sp³-hybridized carbons (Fsp3) is 0.733. The van der Waals surface area contributed by atoms with Crippen molar-refractivity contribution < 1.29 is 5.11 Å². The quantitative estimate of drug-likeness (QED) is 0.355. The third-order valence-corrected chi connectivity index (χ3v) is 3.76. The second kappa shape index (κ2) is 8.71. The van der Waals surface area contributed by atoms with Crippen LogP contribution < -0.4 is 10.6 Å². The number of aromatic nitrogens is 2. The number of rotatable bonds is 7. The lowest BCUT2D eigenvalue weighted by atomic mass is 10.0.